The molecule has 0 bridgehead atoms. The number of hydrogen-bond acceptors (Lipinski definition) is 3. The van der Waals surface area contributed by atoms with E-state index in [-0.39, 0.29) is 21.8 Å². The van der Waals surface area contributed by atoms with Crippen LogP contribution in [0.15, 0.2) is 30.3 Å². The van der Waals surface area contributed by atoms with Gasteiger partial charge in [0, 0.05) is 5.54 Å². The first-order chi connectivity index (χ1) is 9.37. The molecule has 1 aromatic carbocycles. The number of alkyl halides is 1. The van der Waals surface area contributed by atoms with Crippen molar-refractivity contribution in [1.29, 1.82) is 0 Å². The maximum Gasteiger partial charge on any atom is 0.127 e. The molecular weight excluding hydrogens is 365 g/mol. The molecule has 112 valence electrons. The van der Waals surface area contributed by atoms with E-state index in [4.69, 9.17) is 4.84 Å². The van der Waals surface area contributed by atoms with Gasteiger partial charge in [0.05, 0.1) is 10.2 Å². The summed E-state index contributed by atoms with van der Waals surface area (Å²) in [4.78, 5) is 6.23. The number of hydroxylamine groups is 2. The van der Waals surface area contributed by atoms with Crippen LogP contribution in [0.2, 0.25) is 0 Å². The number of halogens is 1. The molecule has 1 aliphatic heterocycles. The summed E-state index contributed by atoms with van der Waals surface area (Å²) >= 11 is 2.47. The lowest BCUT2D eigenvalue weighted by molar-refractivity contribution is -0.289. The summed E-state index contributed by atoms with van der Waals surface area (Å²) in [6.45, 7) is 6.61. The van der Waals surface area contributed by atoms with E-state index in [1.54, 1.807) is 0 Å². The van der Waals surface area contributed by atoms with E-state index in [9.17, 15) is 5.11 Å². The zero-order valence-corrected chi connectivity index (χ0v) is 14.6. The topological polar surface area (TPSA) is 32.7 Å². The fourth-order valence-electron chi connectivity index (χ4n) is 2.92. The highest BCUT2D eigenvalue weighted by atomic mass is 127. The van der Waals surface area contributed by atoms with Gasteiger partial charge in [-0.3, -0.25) is 4.84 Å². The van der Waals surface area contributed by atoms with E-state index in [2.05, 4.69) is 48.4 Å². The van der Waals surface area contributed by atoms with Gasteiger partial charge >= 0.3 is 0 Å². The van der Waals surface area contributed by atoms with E-state index in [0.717, 1.165) is 18.4 Å². The maximum absolute atomic E-state index is 9.70. The van der Waals surface area contributed by atoms with Gasteiger partial charge in [-0.1, -0.05) is 52.9 Å². The van der Waals surface area contributed by atoms with Crippen molar-refractivity contribution in [3.63, 3.8) is 0 Å². The van der Waals surface area contributed by atoms with Gasteiger partial charge in [0.1, 0.15) is 6.10 Å². The third kappa shape index (κ3) is 3.53. The summed E-state index contributed by atoms with van der Waals surface area (Å²) in [6.07, 6.45) is 3.12. The average Bonchev–Trinajstić information content (AvgIpc) is 2.38. The highest BCUT2D eigenvalue weighted by Crippen LogP contribution is 2.44. The number of hydrogen-bond donors (Lipinski definition) is 1. The Morgan fingerprint density at radius 1 is 1.25 bits per heavy atom. The van der Waals surface area contributed by atoms with Crippen molar-refractivity contribution < 1.29 is 9.94 Å². The van der Waals surface area contributed by atoms with Crippen molar-refractivity contribution in [2.24, 2.45) is 0 Å². The molecule has 3 nitrogen and oxygen atoms in total. The highest BCUT2D eigenvalue weighted by Gasteiger charge is 2.45. The summed E-state index contributed by atoms with van der Waals surface area (Å²) in [6, 6.07) is 9.94. The monoisotopic (exact) mass is 389 g/mol. The SMILES string of the molecule is CC1(C)CCCC(C)(I)N1OC(CO)c1ccccc1. The molecule has 1 aromatic rings. The van der Waals surface area contributed by atoms with E-state index in [0.29, 0.717) is 0 Å². The van der Waals surface area contributed by atoms with Gasteiger partial charge in [-0.15, -0.1) is 0 Å². The molecule has 2 rings (SSSR count). The lowest BCUT2D eigenvalue weighted by Crippen LogP contribution is -2.57. The van der Waals surface area contributed by atoms with Crippen LogP contribution in [0, 0.1) is 0 Å². The molecule has 0 spiro atoms. The Hall–Kier alpha value is -0.170. The minimum atomic E-state index is -0.303. The summed E-state index contributed by atoms with van der Waals surface area (Å²) in [7, 11) is 0. The Balaban J connectivity index is 2.20. The molecule has 4 heteroatoms. The van der Waals surface area contributed by atoms with Crippen LogP contribution in [0.5, 0.6) is 0 Å². The van der Waals surface area contributed by atoms with E-state index >= 15 is 0 Å². The molecule has 1 heterocycles. The van der Waals surface area contributed by atoms with Crippen LogP contribution in [0.4, 0.5) is 0 Å². The van der Waals surface area contributed by atoms with Crippen LogP contribution in [0.25, 0.3) is 0 Å². The Kier molecular flexibility index (Phi) is 5.10. The quantitative estimate of drug-likeness (QED) is 0.479. The molecule has 1 saturated heterocycles. The van der Waals surface area contributed by atoms with Crippen molar-refractivity contribution >= 4 is 22.6 Å². The van der Waals surface area contributed by atoms with Crippen molar-refractivity contribution in [3.8, 4) is 0 Å². The first kappa shape index (κ1) is 16.2. The molecule has 2 unspecified atom stereocenters. The van der Waals surface area contributed by atoms with Gasteiger partial charge < -0.3 is 5.11 Å². The molecule has 1 aliphatic rings. The molecule has 0 amide bonds. The number of aliphatic hydroxyl groups is 1. The van der Waals surface area contributed by atoms with Gasteiger partial charge in [0.2, 0.25) is 0 Å². The van der Waals surface area contributed by atoms with Gasteiger partial charge in [0.25, 0.3) is 0 Å². The predicted molar refractivity (Wildman–Crippen MR) is 89.5 cm³/mol. The summed E-state index contributed by atoms with van der Waals surface area (Å²) in [5.41, 5.74) is 1.000. The first-order valence-electron chi connectivity index (χ1n) is 7.19. The zero-order valence-electron chi connectivity index (χ0n) is 12.5. The molecule has 0 saturated carbocycles. The first-order valence-corrected chi connectivity index (χ1v) is 8.26. The second kappa shape index (κ2) is 6.30. The predicted octanol–water partition coefficient (Wildman–Crippen LogP) is 4.07. The Labute approximate surface area is 135 Å². The molecule has 0 aliphatic carbocycles. The maximum atomic E-state index is 9.70. The van der Waals surface area contributed by atoms with E-state index in [1.807, 2.05) is 30.3 Å². The van der Waals surface area contributed by atoms with Crippen LogP contribution in [-0.2, 0) is 4.84 Å². The molecule has 2 atom stereocenters. The second-order valence-electron chi connectivity index (χ2n) is 6.29. The highest BCUT2D eigenvalue weighted by molar-refractivity contribution is 14.1. The lowest BCUT2D eigenvalue weighted by atomic mass is 9.89. The molecular formula is C16H24INO2. The molecule has 1 fully saturated rings. The Morgan fingerprint density at radius 2 is 1.90 bits per heavy atom. The number of piperidine rings is 1. The molecule has 20 heavy (non-hydrogen) atoms. The fraction of sp³-hybridized carbons (Fsp3) is 0.625. The summed E-state index contributed by atoms with van der Waals surface area (Å²) < 4.78 is -0.0400. The third-order valence-corrected chi connectivity index (χ3v) is 4.94. The van der Waals surface area contributed by atoms with Crippen LogP contribution in [-0.4, -0.2) is 25.9 Å². The Morgan fingerprint density at radius 3 is 2.45 bits per heavy atom. The van der Waals surface area contributed by atoms with Crippen LogP contribution >= 0.6 is 22.6 Å². The van der Waals surface area contributed by atoms with Crippen LogP contribution < -0.4 is 0 Å². The van der Waals surface area contributed by atoms with Crippen molar-refractivity contribution in [3.05, 3.63) is 35.9 Å². The number of aliphatic hydroxyl groups excluding tert-OH is 1. The summed E-state index contributed by atoms with van der Waals surface area (Å²) in [5.74, 6) is 0. The Bertz CT molecular complexity index is 417. The number of rotatable bonds is 4. The van der Waals surface area contributed by atoms with Crippen LogP contribution in [0.3, 0.4) is 0 Å². The van der Waals surface area contributed by atoms with Crippen molar-refractivity contribution in [2.45, 2.75) is 55.2 Å². The summed E-state index contributed by atoms with van der Waals surface area (Å²) in [5, 5.41) is 11.8. The number of nitrogens with zero attached hydrogens (tertiary/aromatic N) is 1. The normalized spacial score (nSPS) is 28.2. The minimum absolute atomic E-state index is 0.0106. The molecule has 0 aromatic heterocycles. The van der Waals surface area contributed by atoms with Crippen molar-refractivity contribution in [2.75, 3.05) is 6.61 Å². The van der Waals surface area contributed by atoms with Gasteiger partial charge in [-0.05, 0) is 45.6 Å². The van der Waals surface area contributed by atoms with Gasteiger partial charge in [0.15, 0.2) is 0 Å². The lowest BCUT2D eigenvalue weighted by Gasteiger charge is -2.51. The van der Waals surface area contributed by atoms with Crippen molar-refractivity contribution in [1.82, 2.24) is 5.06 Å². The zero-order chi connectivity index (χ0) is 14.8. The molecule has 0 radical (unpaired) electrons. The van der Waals surface area contributed by atoms with Crippen LogP contribution in [0.1, 0.15) is 51.7 Å². The fourth-order valence-corrected chi connectivity index (χ4v) is 4.07. The van der Waals surface area contributed by atoms with Gasteiger partial charge in [-0.2, -0.15) is 5.06 Å². The van der Waals surface area contributed by atoms with E-state index < -0.39 is 0 Å². The van der Waals surface area contributed by atoms with Gasteiger partial charge in [-0.25, -0.2) is 0 Å². The second-order valence-corrected chi connectivity index (χ2v) is 8.61. The standard InChI is InChI=1S/C16H24INO2/c1-15(2)10-7-11-16(3,17)18(15)20-14(12-19)13-8-5-4-6-9-13/h4-6,8-9,14,19H,7,10-12H2,1-3H3. The van der Waals surface area contributed by atoms with E-state index in [1.165, 1.54) is 6.42 Å². The largest absolute Gasteiger partial charge is 0.393 e. The smallest absolute Gasteiger partial charge is 0.127 e. The third-order valence-electron chi connectivity index (χ3n) is 3.96. The average molecular weight is 389 g/mol. The minimum Gasteiger partial charge on any atom is -0.393 e. The number of benzene rings is 1. The molecule has 1 N–H and O–H groups in total.